The number of aliphatic imine (C=N–C) groups is 1. The largest absolute Gasteiger partial charge is 0.291 e. The number of pyridine rings is 1. The fourth-order valence-electron chi connectivity index (χ4n) is 1.88. The Morgan fingerprint density at radius 1 is 1.47 bits per heavy atom. The molecule has 1 aliphatic carbocycles. The molecule has 2 aromatic rings. The van der Waals surface area contributed by atoms with Crippen molar-refractivity contribution in [2.24, 2.45) is 4.99 Å². The minimum absolute atomic E-state index is 0.504. The van der Waals surface area contributed by atoms with Gasteiger partial charge in [0.15, 0.2) is 0 Å². The zero-order valence-electron chi connectivity index (χ0n) is 9.37. The predicted octanol–water partition coefficient (Wildman–Crippen LogP) is 2.18. The zero-order chi connectivity index (χ0) is 11.7. The molecule has 0 spiro atoms. The van der Waals surface area contributed by atoms with E-state index < -0.39 is 0 Å². The van der Waals surface area contributed by atoms with Crippen molar-refractivity contribution >= 4 is 11.9 Å². The third kappa shape index (κ3) is 1.80. The smallest absolute Gasteiger partial charge is 0.144 e. The lowest BCUT2D eigenvalue weighted by molar-refractivity contribution is 0.421. The molecule has 0 aliphatic heterocycles. The molecule has 17 heavy (non-hydrogen) atoms. The number of hydrogen-bond donors (Lipinski definition) is 0. The van der Waals surface area contributed by atoms with E-state index in [1.54, 1.807) is 10.6 Å². The van der Waals surface area contributed by atoms with Crippen molar-refractivity contribution in [2.75, 3.05) is 0 Å². The Balaban J connectivity index is 1.94. The quantitative estimate of drug-likeness (QED) is 0.734. The van der Waals surface area contributed by atoms with E-state index >= 15 is 0 Å². The Bertz CT molecular complexity index is 614. The van der Waals surface area contributed by atoms with Crippen molar-refractivity contribution in [2.45, 2.75) is 25.3 Å². The highest BCUT2D eigenvalue weighted by Crippen LogP contribution is 2.21. The third-order valence-corrected chi connectivity index (χ3v) is 3.15. The highest BCUT2D eigenvalue weighted by molar-refractivity contribution is 5.80. The molecule has 0 N–H and O–H groups in total. The molecule has 0 bridgehead atoms. The molecule has 0 aromatic carbocycles. The lowest BCUT2D eigenvalue weighted by Crippen LogP contribution is -2.14. The second-order valence-corrected chi connectivity index (χ2v) is 4.31. The molecule has 0 saturated heterocycles. The van der Waals surface area contributed by atoms with Crippen LogP contribution in [0.5, 0.6) is 0 Å². The summed E-state index contributed by atoms with van der Waals surface area (Å²) in [4.78, 5) is 8.65. The van der Waals surface area contributed by atoms with Gasteiger partial charge in [-0.2, -0.15) is 5.26 Å². The molecule has 3 rings (SSSR count). The van der Waals surface area contributed by atoms with Crippen LogP contribution in [0.15, 0.2) is 29.5 Å². The van der Waals surface area contributed by atoms with Gasteiger partial charge in [0.1, 0.15) is 17.4 Å². The first-order valence-electron chi connectivity index (χ1n) is 5.77. The van der Waals surface area contributed by atoms with E-state index in [1.165, 1.54) is 19.3 Å². The third-order valence-electron chi connectivity index (χ3n) is 3.15. The van der Waals surface area contributed by atoms with Crippen LogP contribution in [-0.2, 0) is 0 Å². The van der Waals surface area contributed by atoms with E-state index in [-0.39, 0.29) is 0 Å². The van der Waals surface area contributed by atoms with E-state index in [0.29, 0.717) is 11.7 Å². The summed E-state index contributed by atoms with van der Waals surface area (Å²) in [5.74, 6) is 0. The fourth-order valence-corrected chi connectivity index (χ4v) is 1.88. The molecule has 4 nitrogen and oxygen atoms in total. The molecule has 2 aromatic heterocycles. The number of imidazole rings is 1. The van der Waals surface area contributed by atoms with Crippen LogP contribution in [0.1, 0.15) is 30.5 Å². The molecular formula is C13H12N4. The minimum Gasteiger partial charge on any atom is -0.291 e. The lowest BCUT2D eigenvalue weighted by Gasteiger charge is -2.20. The van der Waals surface area contributed by atoms with Gasteiger partial charge in [0.25, 0.3) is 0 Å². The second kappa shape index (κ2) is 4.02. The molecule has 2 heterocycles. The predicted molar refractivity (Wildman–Crippen MR) is 65.1 cm³/mol. The summed E-state index contributed by atoms with van der Waals surface area (Å²) in [6, 6.07) is 6.51. The SMILES string of the molecule is N#Cc1cnc2ccc(/C=N/C3CCC3)cn12. The van der Waals surface area contributed by atoms with Crippen LogP contribution < -0.4 is 0 Å². The number of hydrogen-bond acceptors (Lipinski definition) is 3. The van der Waals surface area contributed by atoms with Crippen molar-refractivity contribution in [3.8, 4) is 6.07 Å². The Morgan fingerprint density at radius 2 is 2.35 bits per heavy atom. The lowest BCUT2D eigenvalue weighted by atomic mass is 9.94. The molecule has 1 saturated carbocycles. The van der Waals surface area contributed by atoms with Crippen molar-refractivity contribution in [1.29, 1.82) is 5.26 Å². The maximum Gasteiger partial charge on any atom is 0.144 e. The van der Waals surface area contributed by atoms with Crippen LogP contribution in [-0.4, -0.2) is 21.6 Å². The highest BCUT2D eigenvalue weighted by atomic mass is 15.0. The monoisotopic (exact) mass is 224 g/mol. The van der Waals surface area contributed by atoms with Crippen molar-refractivity contribution in [3.05, 3.63) is 35.8 Å². The maximum atomic E-state index is 8.94. The average molecular weight is 224 g/mol. The first kappa shape index (κ1) is 10.0. The van der Waals surface area contributed by atoms with Crippen molar-refractivity contribution < 1.29 is 0 Å². The average Bonchev–Trinajstić information content (AvgIpc) is 2.69. The molecule has 1 aliphatic rings. The number of fused-ring (bicyclic) bond motifs is 1. The number of rotatable bonds is 2. The summed E-state index contributed by atoms with van der Waals surface area (Å²) < 4.78 is 1.79. The van der Waals surface area contributed by atoms with Crippen LogP contribution >= 0.6 is 0 Å². The fraction of sp³-hybridized carbons (Fsp3) is 0.308. The first-order chi connectivity index (χ1) is 8.36. The van der Waals surface area contributed by atoms with Crippen LogP contribution in [0.3, 0.4) is 0 Å². The Labute approximate surface area is 99.2 Å². The minimum atomic E-state index is 0.504. The molecule has 0 atom stereocenters. The summed E-state index contributed by atoms with van der Waals surface area (Å²) in [7, 11) is 0. The standard InChI is InChI=1S/C13H12N4/c14-6-12-8-16-13-5-4-10(9-17(12)13)7-15-11-2-1-3-11/h4-5,7-9,11H,1-3H2/b15-7+. The Morgan fingerprint density at radius 3 is 3.06 bits per heavy atom. The van der Waals surface area contributed by atoms with E-state index in [4.69, 9.17) is 5.26 Å². The highest BCUT2D eigenvalue weighted by Gasteiger charge is 2.14. The van der Waals surface area contributed by atoms with Gasteiger partial charge in [-0.05, 0) is 31.4 Å². The summed E-state index contributed by atoms with van der Waals surface area (Å²) in [5, 5.41) is 8.94. The number of nitrogens with zero attached hydrogens (tertiary/aromatic N) is 4. The zero-order valence-corrected chi connectivity index (χ0v) is 9.37. The van der Waals surface area contributed by atoms with Gasteiger partial charge in [0.2, 0.25) is 0 Å². The summed E-state index contributed by atoms with van der Waals surface area (Å²) in [6.07, 6.45) is 9.08. The van der Waals surface area contributed by atoms with E-state index in [9.17, 15) is 0 Å². The topological polar surface area (TPSA) is 53.5 Å². The van der Waals surface area contributed by atoms with E-state index in [1.807, 2.05) is 24.5 Å². The van der Waals surface area contributed by atoms with Gasteiger partial charge < -0.3 is 0 Å². The van der Waals surface area contributed by atoms with Gasteiger partial charge >= 0.3 is 0 Å². The van der Waals surface area contributed by atoms with Crippen LogP contribution in [0.25, 0.3) is 5.65 Å². The molecule has 0 radical (unpaired) electrons. The van der Waals surface area contributed by atoms with Gasteiger partial charge in [0.05, 0.1) is 6.20 Å². The molecule has 84 valence electrons. The summed E-state index contributed by atoms with van der Waals surface area (Å²) >= 11 is 0. The number of aromatic nitrogens is 2. The van der Waals surface area contributed by atoms with Gasteiger partial charge in [-0.3, -0.25) is 9.39 Å². The second-order valence-electron chi connectivity index (χ2n) is 4.31. The van der Waals surface area contributed by atoms with Crippen molar-refractivity contribution in [1.82, 2.24) is 9.38 Å². The van der Waals surface area contributed by atoms with Crippen LogP contribution in [0.4, 0.5) is 0 Å². The molecule has 1 fully saturated rings. The van der Waals surface area contributed by atoms with E-state index in [2.05, 4.69) is 16.0 Å². The van der Waals surface area contributed by atoms with Gasteiger partial charge in [-0.15, -0.1) is 0 Å². The summed E-state index contributed by atoms with van der Waals surface area (Å²) in [6.45, 7) is 0. The Hall–Kier alpha value is -2.15. The van der Waals surface area contributed by atoms with Gasteiger partial charge in [-0.1, -0.05) is 0 Å². The molecule has 0 unspecified atom stereocenters. The van der Waals surface area contributed by atoms with Crippen molar-refractivity contribution in [3.63, 3.8) is 0 Å². The maximum absolute atomic E-state index is 8.94. The first-order valence-corrected chi connectivity index (χ1v) is 5.77. The van der Waals surface area contributed by atoms with Gasteiger partial charge in [0, 0.05) is 24.0 Å². The van der Waals surface area contributed by atoms with Crippen LogP contribution in [0.2, 0.25) is 0 Å². The Kier molecular flexibility index (Phi) is 2.37. The summed E-state index contributed by atoms with van der Waals surface area (Å²) in [5.41, 5.74) is 2.36. The normalized spacial score (nSPS) is 16.2. The van der Waals surface area contributed by atoms with Crippen LogP contribution in [0, 0.1) is 11.3 Å². The van der Waals surface area contributed by atoms with Gasteiger partial charge in [-0.25, -0.2) is 4.98 Å². The molecule has 0 amide bonds. The molecular weight excluding hydrogens is 212 g/mol. The number of nitriles is 1. The van der Waals surface area contributed by atoms with E-state index in [0.717, 1.165) is 11.2 Å². The molecule has 4 heteroatoms.